The van der Waals surface area contributed by atoms with Gasteiger partial charge in [-0.3, -0.25) is 4.79 Å². The van der Waals surface area contributed by atoms with Crippen molar-refractivity contribution in [1.82, 2.24) is 9.55 Å². The molecule has 1 N–H and O–H groups in total. The Hall–Kier alpha value is -2.08. The van der Waals surface area contributed by atoms with Crippen LogP contribution in [0.3, 0.4) is 0 Å². The minimum atomic E-state index is -0.781. The molecule has 0 spiro atoms. The van der Waals surface area contributed by atoms with Gasteiger partial charge in [0.1, 0.15) is 11.6 Å². The van der Waals surface area contributed by atoms with Gasteiger partial charge in [0.25, 0.3) is 5.56 Å². The number of rotatable bonds is 3. The Bertz CT molecular complexity index is 840. The van der Waals surface area contributed by atoms with Crippen LogP contribution in [-0.2, 0) is 0 Å². The molecule has 0 saturated heterocycles. The number of H-pyrrole nitrogens is 1. The fourth-order valence-corrected chi connectivity index (χ4v) is 2.18. The molecule has 2 aromatic rings. The van der Waals surface area contributed by atoms with Crippen LogP contribution in [0.2, 0.25) is 5.02 Å². The highest BCUT2D eigenvalue weighted by atomic mass is 35.5. The molecule has 1 heterocycles. The topological polar surface area (TPSA) is 64.1 Å². The van der Waals surface area contributed by atoms with Gasteiger partial charge < -0.3 is 9.72 Å². The molecule has 0 aliphatic rings. The van der Waals surface area contributed by atoms with Gasteiger partial charge in [-0.05, 0) is 33.8 Å². The highest BCUT2D eigenvalue weighted by molar-refractivity contribution is 6.32. The van der Waals surface area contributed by atoms with E-state index in [1.54, 1.807) is 27.7 Å². The summed E-state index contributed by atoms with van der Waals surface area (Å²) in [5.41, 5.74) is -0.725. The first-order chi connectivity index (χ1) is 10.2. The van der Waals surface area contributed by atoms with Gasteiger partial charge in [-0.2, -0.15) is 0 Å². The van der Waals surface area contributed by atoms with E-state index in [0.29, 0.717) is 11.3 Å². The van der Waals surface area contributed by atoms with Crippen molar-refractivity contribution in [3.05, 3.63) is 55.1 Å². The molecule has 1 aromatic carbocycles. The maximum Gasteiger partial charge on any atom is 0.333 e. The van der Waals surface area contributed by atoms with E-state index in [9.17, 15) is 14.0 Å². The first-order valence-corrected chi connectivity index (χ1v) is 7.08. The molecule has 0 bridgehead atoms. The Morgan fingerprint density at radius 3 is 2.50 bits per heavy atom. The molecular weight excluding hydrogens is 311 g/mol. The summed E-state index contributed by atoms with van der Waals surface area (Å²) in [6.45, 7) is 6.74. The number of halogens is 2. The van der Waals surface area contributed by atoms with Crippen molar-refractivity contribution in [2.45, 2.75) is 33.8 Å². The number of nitrogens with one attached hydrogen (secondary N) is 1. The van der Waals surface area contributed by atoms with Crippen molar-refractivity contribution in [1.29, 1.82) is 0 Å². The molecule has 0 saturated carbocycles. The summed E-state index contributed by atoms with van der Waals surface area (Å²) >= 11 is 5.93. The fourth-order valence-electron chi connectivity index (χ4n) is 1.98. The third-order valence-electron chi connectivity index (χ3n) is 3.19. The average molecular weight is 327 g/mol. The van der Waals surface area contributed by atoms with Crippen LogP contribution in [0, 0.1) is 19.7 Å². The van der Waals surface area contributed by atoms with Crippen molar-refractivity contribution in [2.24, 2.45) is 0 Å². The van der Waals surface area contributed by atoms with Crippen LogP contribution in [0.4, 0.5) is 4.39 Å². The summed E-state index contributed by atoms with van der Waals surface area (Å²) in [6.07, 6.45) is -0.189. The number of aromatic amines is 1. The molecule has 5 nitrogen and oxygen atoms in total. The maximum absolute atomic E-state index is 14.2. The second-order valence-electron chi connectivity index (χ2n) is 5.22. The number of hydrogen-bond donors (Lipinski definition) is 1. The predicted molar refractivity (Wildman–Crippen MR) is 82.9 cm³/mol. The van der Waals surface area contributed by atoms with Gasteiger partial charge in [0.05, 0.1) is 16.8 Å². The van der Waals surface area contributed by atoms with Gasteiger partial charge in [-0.25, -0.2) is 13.8 Å². The summed E-state index contributed by atoms with van der Waals surface area (Å²) in [7, 11) is 0. The van der Waals surface area contributed by atoms with Crippen LogP contribution >= 0.6 is 11.6 Å². The van der Waals surface area contributed by atoms with Gasteiger partial charge >= 0.3 is 5.69 Å². The van der Waals surface area contributed by atoms with Crippen molar-refractivity contribution in [3.63, 3.8) is 0 Å². The zero-order valence-electron chi connectivity index (χ0n) is 12.7. The van der Waals surface area contributed by atoms with E-state index in [-0.39, 0.29) is 22.6 Å². The first kappa shape index (κ1) is 16.3. The summed E-state index contributed by atoms with van der Waals surface area (Å²) in [6, 6.07) is 2.28. The summed E-state index contributed by atoms with van der Waals surface area (Å²) < 4.78 is 20.4. The smallest absolute Gasteiger partial charge is 0.333 e. The van der Waals surface area contributed by atoms with Crippen LogP contribution < -0.4 is 16.0 Å². The lowest BCUT2D eigenvalue weighted by Crippen LogP contribution is -2.36. The van der Waals surface area contributed by atoms with Crippen LogP contribution in [0.15, 0.2) is 21.7 Å². The highest BCUT2D eigenvalue weighted by Crippen LogP contribution is 2.29. The lowest BCUT2D eigenvalue weighted by molar-refractivity contribution is 0.242. The third kappa shape index (κ3) is 2.92. The molecule has 0 unspecified atom stereocenters. The lowest BCUT2D eigenvalue weighted by Gasteiger charge is -2.14. The normalized spacial score (nSPS) is 11.0. The highest BCUT2D eigenvalue weighted by Gasteiger charge is 2.17. The second kappa shape index (κ2) is 5.96. The molecular formula is C15H16ClFN2O3. The fraction of sp³-hybridized carbons (Fsp3) is 0.333. The molecule has 0 radical (unpaired) electrons. The summed E-state index contributed by atoms with van der Waals surface area (Å²) in [4.78, 5) is 26.9. The Kier molecular flexibility index (Phi) is 4.42. The molecule has 1 aromatic heterocycles. The molecule has 0 aliphatic carbocycles. The first-order valence-electron chi connectivity index (χ1n) is 6.71. The van der Waals surface area contributed by atoms with E-state index in [1.807, 2.05) is 0 Å². The standard InChI is InChI=1S/C15H16ClFN2O3/c1-7(2)22-13-6-12(11(17)5-10(13)16)19-14(20)8(3)9(4)18-15(19)21/h5-7H,1-4H3,(H,18,21). The number of benzene rings is 1. The van der Waals surface area contributed by atoms with Crippen molar-refractivity contribution < 1.29 is 9.13 Å². The van der Waals surface area contributed by atoms with E-state index < -0.39 is 17.1 Å². The Balaban J connectivity index is 2.76. The average Bonchev–Trinajstić information content (AvgIpc) is 2.40. The minimum Gasteiger partial charge on any atom is -0.489 e. The molecule has 0 fully saturated rings. The minimum absolute atomic E-state index is 0.0725. The van der Waals surface area contributed by atoms with Crippen LogP contribution in [-0.4, -0.2) is 15.7 Å². The molecule has 0 amide bonds. The molecule has 0 atom stereocenters. The summed E-state index contributed by atoms with van der Waals surface area (Å²) in [5.74, 6) is -0.574. The van der Waals surface area contributed by atoms with Crippen LogP contribution in [0.25, 0.3) is 5.69 Å². The van der Waals surface area contributed by atoms with Gasteiger partial charge in [0.2, 0.25) is 0 Å². The third-order valence-corrected chi connectivity index (χ3v) is 3.48. The van der Waals surface area contributed by atoms with E-state index >= 15 is 0 Å². The lowest BCUT2D eigenvalue weighted by atomic mass is 10.2. The van der Waals surface area contributed by atoms with Crippen LogP contribution in [0.5, 0.6) is 5.75 Å². The SMILES string of the molecule is Cc1[nH]c(=O)n(-c2cc(OC(C)C)c(Cl)cc2F)c(=O)c1C. The number of hydrogen-bond acceptors (Lipinski definition) is 3. The van der Waals surface area contributed by atoms with Crippen molar-refractivity contribution >= 4 is 11.6 Å². The Morgan fingerprint density at radius 2 is 1.91 bits per heavy atom. The number of aromatic nitrogens is 2. The maximum atomic E-state index is 14.2. The number of nitrogens with zero attached hydrogens (tertiary/aromatic N) is 1. The van der Waals surface area contributed by atoms with E-state index in [0.717, 1.165) is 10.6 Å². The monoisotopic (exact) mass is 326 g/mol. The van der Waals surface area contributed by atoms with Gasteiger partial charge in [0.15, 0.2) is 0 Å². The van der Waals surface area contributed by atoms with E-state index in [4.69, 9.17) is 16.3 Å². The predicted octanol–water partition coefficient (Wildman–Crippen LogP) is 2.72. The van der Waals surface area contributed by atoms with E-state index in [1.165, 1.54) is 6.07 Å². The van der Waals surface area contributed by atoms with Gasteiger partial charge in [-0.1, -0.05) is 11.6 Å². The molecule has 0 aliphatic heterocycles. The Morgan fingerprint density at radius 1 is 1.27 bits per heavy atom. The quantitative estimate of drug-likeness (QED) is 0.943. The van der Waals surface area contributed by atoms with Gasteiger partial charge in [-0.15, -0.1) is 0 Å². The molecule has 2 rings (SSSR count). The van der Waals surface area contributed by atoms with Crippen molar-refractivity contribution in [3.8, 4) is 11.4 Å². The molecule has 22 heavy (non-hydrogen) atoms. The second-order valence-corrected chi connectivity index (χ2v) is 5.63. The largest absolute Gasteiger partial charge is 0.489 e. The zero-order chi connectivity index (χ0) is 16.6. The number of ether oxygens (including phenoxy) is 1. The zero-order valence-corrected chi connectivity index (χ0v) is 13.4. The van der Waals surface area contributed by atoms with E-state index in [2.05, 4.69) is 4.98 Å². The van der Waals surface area contributed by atoms with Crippen molar-refractivity contribution in [2.75, 3.05) is 0 Å². The Labute approximate surface area is 131 Å². The van der Waals surface area contributed by atoms with Gasteiger partial charge in [0, 0.05) is 17.3 Å². The molecule has 118 valence electrons. The molecule has 7 heteroatoms. The van der Waals surface area contributed by atoms with Crippen LogP contribution in [0.1, 0.15) is 25.1 Å². The summed E-state index contributed by atoms with van der Waals surface area (Å²) in [5, 5.41) is 0.0725. The number of aryl methyl sites for hydroxylation is 1.